The SMILES string of the molecule is CN1c2ccc(Br)cc2C(O)c2ccc(Cl)cc2S1(=O)=O. The van der Waals surface area contributed by atoms with Crippen molar-refractivity contribution in [2.24, 2.45) is 0 Å². The van der Waals surface area contributed by atoms with E-state index in [9.17, 15) is 13.5 Å². The molecule has 4 nitrogen and oxygen atoms in total. The molecule has 1 aliphatic rings. The van der Waals surface area contributed by atoms with Crippen LogP contribution in [-0.2, 0) is 10.0 Å². The quantitative estimate of drug-likeness (QED) is 0.753. The van der Waals surface area contributed by atoms with E-state index in [2.05, 4.69) is 15.9 Å². The van der Waals surface area contributed by atoms with Gasteiger partial charge in [0.15, 0.2) is 0 Å². The summed E-state index contributed by atoms with van der Waals surface area (Å²) in [7, 11) is -2.30. The van der Waals surface area contributed by atoms with Gasteiger partial charge in [-0.2, -0.15) is 0 Å². The Morgan fingerprint density at radius 1 is 1.19 bits per heavy atom. The highest BCUT2D eigenvalue weighted by Crippen LogP contribution is 2.41. The molecule has 0 fully saturated rings. The Bertz CT molecular complexity index is 838. The first-order valence-corrected chi connectivity index (χ1v) is 8.69. The summed E-state index contributed by atoms with van der Waals surface area (Å²) in [6.07, 6.45) is -1.04. The zero-order chi connectivity index (χ0) is 15.4. The van der Waals surface area contributed by atoms with E-state index in [0.29, 0.717) is 21.8 Å². The lowest BCUT2D eigenvalue weighted by Crippen LogP contribution is -2.26. The summed E-state index contributed by atoms with van der Waals surface area (Å²) in [5, 5.41) is 10.9. The van der Waals surface area contributed by atoms with Crippen molar-refractivity contribution in [3.63, 3.8) is 0 Å². The van der Waals surface area contributed by atoms with Crippen LogP contribution in [0.15, 0.2) is 45.8 Å². The van der Waals surface area contributed by atoms with E-state index in [1.807, 2.05) is 0 Å². The molecule has 1 unspecified atom stereocenters. The molecule has 2 aromatic rings. The Labute approximate surface area is 136 Å². The molecule has 3 rings (SSSR count). The molecule has 7 heteroatoms. The number of hydrogen-bond acceptors (Lipinski definition) is 3. The Balaban J connectivity index is 2.40. The average molecular weight is 389 g/mol. The van der Waals surface area contributed by atoms with Crippen molar-refractivity contribution in [3.8, 4) is 0 Å². The number of hydrogen-bond donors (Lipinski definition) is 1. The van der Waals surface area contributed by atoms with Gasteiger partial charge in [0.05, 0.1) is 10.6 Å². The fourth-order valence-electron chi connectivity index (χ4n) is 2.43. The lowest BCUT2D eigenvalue weighted by molar-refractivity contribution is 0.218. The smallest absolute Gasteiger partial charge is 0.264 e. The second-order valence-electron chi connectivity index (χ2n) is 4.76. The third-order valence-corrected chi connectivity index (χ3v) is 6.09. The normalized spacial score (nSPS) is 19.6. The third-order valence-electron chi connectivity index (χ3n) is 3.53. The van der Waals surface area contributed by atoms with Gasteiger partial charge in [-0.3, -0.25) is 4.31 Å². The maximum absolute atomic E-state index is 12.7. The zero-order valence-corrected chi connectivity index (χ0v) is 14.1. The Morgan fingerprint density at radius 3 is 2.62 bits per heavy atom. The van der Waals surface area contributed by atoms with Crippen LogP contribution in [0.1, 0.15) is 17.2 Å². The molecule has 0 saturated carbocycles. The second-order valence-corrected chi connectivity index (χ2v) is 8.05. The maximum Gasteiger partial charge on any atom is 0.264 e. The van der Waals surface area contributed by atoms with Crippen LogP contribution in [-0.4, -0.2) is 20.6 Å². The van der Waals surface area contributed by atoms with Gasteiger partial charge in [0, 0.05) is 27.7 Å². The summed E-state index contributed by atoms with van der Waals surface area (Å²) in [6.45, 7) is 0. The first-order chi connectivity index (χ1) is 9.82. The second kappa shape index (κ2) is 4.98. The van der Waals surface area contributed by atoms with Gasteiger partial charge in [0.1, 0.15) is 6.10 Å². The van der Waals surface area contributed by atoms with Gasteiger partial charge in [-0.05, 0) is 30.3 Å². The monoisotopic (exact) mass is 387 g/mol. The number of halogens is 2. The van der Waals surface area contributed by atoms with Crippen LogP contribution in [0.25, 0.3) is 0 Å². The minimum absolute atomic E-state index is 0.0253. The van der Waals surface area contributed by atoms with E-state index in [1.54, 1.807) is 30.3 Å². The molecule has 1 N–H and O–H groups in total. The van der Waals surface area contributed by atoms with E-state index in [4.69, 9.17) is 11.6 Å². The van der Waals surface area contributed by atoms with Crippen molar-refractivity contribution in [1.82, 2.24) is 0 Å². The Kier molecular flexibility index (Phi) is 3.52. The molecule has 0 aromatic heterocycles. The highest BCUT2D eigenvalue weighted by molar-refractivity contribution is 9.10. The fraction of sp³-hybridized carbons (Fsp3) is 0.143. The van der Waals surface area contributed by atoms with Crippen LogP contribution in [0.5, 0.6) is 0 Å². The minimum atomic E-state index is -3.77. The third kappa shape index (κ3) is 2.26. The molecule has 2 aromatic carbocycles. The molecular weight excluding hydrogens is 378 g/mol. The topological polar surface area (TPSA) is 57.6 Å². The number of aliphatic hydroxyl groups is 1. The van der Waals surface area contributed by atoms with Gasteiger partial charge in [0.2, 0.25) is 0 Å². The highest BCUT2D eigenvalue weighted by atomic mass is 79.9. The van der Waals surface area contributed by atoms with Crippen molar-refractivity contribution in [3.05, 3.63) is 57.0 Å². The summed E-state index contributed by atoms with van der Waals surface area (Å²) in [5.41, 5.74) is 1.29. The van der Waals surface area contributed by atoms with Crippen molar-refractivity contribution >= 4 is 43.2 Å². The van der Waals surface area contributed by atoms with E-state index < -0.39 is 16.1 Å². The molecule has 21 heavy (non-hydrogen) atoms. The number of sulfonamides is 1. The van der Waals surface area contributed by atoms with Gasteiger partial charge >= 0.3 is 0 Å². The number of fused-ring (bicyclic) bond motifs is 2. The van der Waals surface area contributed by atoms with Gasteiger partial charge in [-0.1, -0.05) is 33.6 Å². The van der Waals surface area contributed by atoms with Gasteiger partial charge in [-0.25, -0.2) is 8.42 Å². The molecule has 0 amide bonds. The number of rotatable bonds is 0. The molecule has 0 spiro atoms. The van der Waals surface area contributed by atoms with Crippen molar-refractivity contribution in [2.75, 3.05) is 11.4 Å². The van der Waals surface area contributed by atoms with Gasteiger partial charge in [-0.15, -0.1) is 0 Å². The van der Waals surface area contributed by atoms with Crippen LogP contribution in [0.3, 0.4) is 0 Å². The maximum atomic E-state index is 12.7. The van der Waals surface area contributed by atoms with Crippen molar-refractivity contribution in [1.29, 1.82) is 0 Å². The van der Waals surface area contributed by atoms with Crippen LogP contribution in [0.2, 0.25) is 5.02 Å². The predicted octanol–water partition coefficient (Wildman–Crippen LogP) is 3.32. The van der Waals surface area contributed by atoms with Gasteiger partial charge in [0.25, 0.3) is 10.0 Å². The molecule has 1 aliphatic heterocycles. The Morgan fingerprint density at radius 2 is 1.90 bits per heavy atom. The van der Waals surface area contributed by atoms with Crippen molar-refractivity contribution in [2.45, 2.75) is 11.0 Å². The van der Waals surface area contributed by atoms with Crippen LogP contribution < -0.4 is 4.31 Å². The van der Waals surface area contributed by atoms with Crippen molar-refractivity contribution < 1.29 is 13.5 Å². The first kappa shape index (κ1) is 14.8. The summed E-state index contributed by atoms with van der Waals surface area (Å²) < 4.78 is 27.4. The van der Waals surface area contributed by atoms with E-state index in [1.165, 1.54) is 17.4 Å². The molecule has 0 aliphatic carbocycles. The average Bonchev–Trinajstić information content (AvgIpc) is 2.50. The van der Waals surface area contributed by atoms with Gasteiger partial charge < -0.3 is 5.11 Å². The Hall–Kier alpha value is -1.08. The molecular formula is C14H11BrClNO3S. The highest BCUT2D eigenvalue weighted by Gasteiger charge is 2.34. The van der Waals surface area contributed by atoms with Crippen LogP contribution in [0.4, 0.5) is 5.69 Å². The van der Waals surface area contributed by atoms with Crippen LogP contribution in [0, 0.1) is 0 Å². The molecule has 110 valence electrons. The number of anilines is 1. The fourth-order valence-corrected chi connectivity index (χ4v) is 4.52. The standard InChI is InChI=1S/C14H11BrClNO3S/c1-17-12-5-2-8(15)6-11(12)14(18)10-4-3-9(16)7-13(10)21(17,19)20/h2-7,14,18H,1H3. The lowest BCUT2D eigenvalue weighted by Gasteiger charge is -2.19. The summed E-state index contributed by atoms with van der Waals surface area (Å²) >= 11 is 9.26. The molecule has 0 radical (unpaired) electrons. The molecule has 0 bridgehead atoms. The molecule has 1 heterocycles. The summed E-state index contributed by atoms with van der Waals surface area (Å²) in [5.74, 6) is 0. The molecule has 0 saturated heterocycles. The number of benzene rings is 2. The first-order valence-electron chi connectivity index (χ1n) is 6.08. The zero-order valence-electron chi connectivity index (χ0n) is 10.9. The summed E-state index contributed by atoms with van der Waals surface area (Å²) in [4.78, 5) is 0.0253. The largest absolute Gasteiger partial charge is 0.384 e. The lowest BCUT2D eigenvalue weighted by atomic mass is 10.00. The number of nitrogens with zero attached hydrogens (tertiary/aromatic N) is 1. The van der Waals surface area contributed by atoms with E-state index >= 15 is 0 Å². The molecule has 1 atom stereocenters. The number of aliphatic hydroxyl groups excluding tert-OH is 1. The minimum Gasteiger partial charge on any atom is -0.384 e. The summed E-state index contributed by atoms with van der Waals surface area (Å²) in [6, 6.07) is 9.60. The predicted molar refractivity (Wildman–Crippen MR) is 85.2 cm³/mol. The van der Waals surface area contributed by atoms with E-state index in [-0.39, 0.29) is 4.90 Å². The van der Waals surface area contributed by atoms with Crippen LogP contribution >= 0.6 is 27.5 Å². The van der Waals surface area contributed by atoms with E-state index in [0.717, 1.165) is 4.47 Å².